The van der Waals surface area contributed by atoms with Crippen LogP contribution in [0.1, 0.15) is 25.7 Å². The van der Waals surface area contributed by atoms with Crippen LogP contribution in [-0.2, 0) is 10.0 Å². The summed E-state index contributed by atoms with van der Waals surface area (Å²) in [6.07, 6.45) is 2.68. The zero-order valence-corrected chi connectivity index (χ0v) is 9.70. The van der Waals surface area contributed by atoms with Gasteiger partial charge in [0.1, 0.15) is 5.72 Å². The first-order chi connectivity index (χ1) is 7.52. The van der Waals surface area contributed by atoms with Crippen molar-refractivity contribution in [2.45, 2.75) is 36.3 Å². The summed E-state index contributed by atoms with van der Waals surface area (Å²) in [6.45, 7) is 0. The van der Waals surface area contributed by atoms with E-state index in [2.05, 4.69) is 4.72 Å². The molecule has 88 valence electrons. The third-order valence-corrected chi connectivity index (χ3v) is 4.35. The molecule has 0 aromatic heterocycles. The molecule has 5 heteroatoms. The van der Waals surface area contributed by atoms with Gasteiger partial charge in [0, 0.05) is 0 Å². The Morgan fingerprint density at radius 3 is 2.25 bits per heavy atom. The number of aliphatic hydroxyl groups is 1. The second-order valence-electron chi connectivity index (χ2n) is 4.16. The molecule has 2 N–H and O–H groups in total. The maximum absolute atomic E-state index is 11.9. The van der Waals surface area contributed by atoms with Crippen molar-refractivity contribution < 1.29 is 13.5 Å². The quantitative estimate of drug-likeness (QED) is 0.782. The van der Waals surface area contributed by atoms with Crippen LogP contribution >= 0.6 is 0 Å². The maximum atomic E-state index is 11.9. The lowest BCUT2D eigenvalue weighted by molar-refractivity contribution is 0.0363. The van der Waals surface area contributed by atoms with E-state index < -0.39 is 15.7 Å². The summed E-state index contributed by atoms with van der Waals surface area (Å²) in [4.78, 5) is 0.190. The van der Waals surface area contributed by atoms with E-state index in [1.54, 1.807) is 18.2 Å². The van der Waals surface area contributed by atoms with Gasteiger partial charge in [-0.3, -0.25) is 0 Å². The van der Waals surface area contributed by atoms with Gasteiger partial charge in [0.05, 0.1) is 4.90 Å². The second-order valence-corrected chi connectivity index (χ2v) is 5.84. The van der Waals surface area contributed by atoms with Crippen LogP contribution < -0.4 is 4.72 Å². The molecule has 0 spiro atoms. The van der Waals surface area contributed by atoms with Crippen molar-refractivity contribution in [3.63, 3.8) is 0 Å². The van der Waals surface area contributed by atoms with Gasteiger partial charge in [0.15, 0.2) is 0 Å². The van der Waals surface area contributed by atoms with E-state index in [1.807, 2.05) is 0 Å². The lowest BCUT2D eigenvalue weighted by atomic mass is 10.2. The molecule has 0 unspecified atom stereocenters. The highest BCUT2D eigenvalue weighted by molar-refractivity contribution is 7.89. The Labute approximate surface area is 95.4 Å². The number of benzene rings is 1. The molecular weight excluding hydrogens is 226 g/mol. The topological polar surface area (TPSA) is 66.4 Å². The average Bonchev–Trinajstić information content (AvgIpc) is 2.65. The van der Waals surface area contributed by atoms with Crippen LogP contribution in [0.3, 0.4) is 0 Å². The van der Waals surface area contributed by atoms with Crippen molar-refractivity contribution in [2.75, 3.05) is 0 Å². The fraction of sp³-hybridized carbons (Fsp3) is 0.455. The first-order valence-electron chi connectivity index (χ1n) is 5.33. The minimum Gasteiger partial charge on any atom is -0.375 e. The molecule has 0 aliphatic heterocycles. The smallest absolute Gasteiger partial charge is 0.242 e. The van der Waals surface area contributed by atoms with Gasteiger partial charge < -0.3 is 5.11 Å². The van der Waals surface area contributed by atoms with E-state index in [1.165, 1.54) is 12.1 Å². The molecule has 0 bridgehead atoms. The fourth-order valence-corrected chi connectivity index (χ4v) is 3.31. The van der Waals surface area contributed by atoms with Crippen molar-refractivity contribution in [3.8, 4) is 0 Å². The highest BCUT2D eigenvalue weighted by Crippen LogP contribution is 2.28. The van der Waals surface area contributed by atoms with Gasteiger partial charge in [-0.25, -0.2) is 8.42 Å². The predicted octanol–water partition coefficient (Wildman–Crippen LogP) is 1.23. The maximum Gasteiger partial charge on any atom is 0.242 e. The van der Waals surface area contributed by atoms with Crippen molar-refractivity contribution in [1.82, 2.24) is 4.72 Å². The third-order valence-electron chi connectivity index (χ3n) is 2.81. The van der Waals surface area contributed by atoms with Crippen LogP contribution in [0.25, 0.3) is 0 Å². The molecule has 0 radical (unpaired) electrons. The van der Waals surface area contributed by atoms with Crippen LogP contribution in [0.5, 0.6) is 0 Å². The Bertz CT molecular complexity index is 449. The molecule has 0 amide bonds. The number of sulfonamides is 1. The van der Waals surface area contributed by atoms with Crippen LogP contribution in [0.15, 0.2) is 35.2 Å². The van der Waals surface area contributed by atoms with Crippen LogP contribution in [0.2, 0.25) is 0 Å². The Morgan fingerprint density at radius 2 is 1.69 bits per heavy atom. The van der Waals surface area contributed by atoms with Gasteiger partial charge >= 0.3 is 0 Å². The van der Waals surface area contributed by atoms with Gasteiger partial charge in [0.2, 0.25) is 10.0 Å². The molecule has 0 heterocycles. The number of nitrogens with one attached hydrogen (secondary N) is 1. The number of hydrogen-bond donors (Lipinski definition) is 2. The Hall–Kier alpha value is -0.910. The van der Waals surface area contributed by atoms with E-state index in [4.69, 9.17) is 0 Å². The summed E-state index contributed by atoms with van der Waals surface area (Å²) in [5.74, 6) is 0. The molecule has 1 aliphatic carbocycles. The monoisotopic (exact) mass is 241 g/mol. The summed E-state index contributed by atoms with van der Waals surface area (Å²) in [5, 5.41) is 10.00. The summed E-state index contributed by atoms with van der Waals surface area (Å²) in [6, 6.07) is 8.10. The molecule has 16 heavy (non-hydrogen) atoms. The molecule has 0 saturated heterocycles. The zero-order valence-electron chi connectivity index (χ0n) is 8.89. The summed E-state index contributed by atoms with van der Waals surface area (Å²) >= 11 is 0. The molecule has 1 aromatic rings. The predicted molar refractivity (Wildman–Crippen MR) is 60.2 cm³/mol. The third kappa shape index (κ3) is 2.42. The summed E-state index contributed by atoms with van der Waals surface area (Å²) < 4.78 is 26.2. The van der Waals surface area contributed by atoms with Gasteiger partial charge in [0.25, 0.3) is 0 Å². The van der Waals surface area contributed by atoms with Crippen LogP contribution in [0.4, 0.5) is 0 Å². The lowest BCUT2D eigenvalue weighted by Gasteiger charge is -2.23. The van der Waals surface area contributed by atoms with Crippen LogP contribution in [-0.4, -0.2) is 19.2 Å². The van der Waals surface area contributed by atoms with Crippen molar-refractivity contribution in [3.05, 3.63) is 30.3 Å². The van der Waals surface area contributed by atoms with Crippen molar-refractivity contribution >= 4 is 10.0 Å². The van der Waals surface area contributed by atoms with Gasteiger partial charge in [-0.15, -0.1) is 0 Å². The standard InChI is InChI=1S/C11H15NO3S/c13-11(8-4-5-9-11)12-16(14,15)10-6-2-1-3-7-10/h1-3,6-7,12-13H,4-5,8-9H2. The minimum atomic E-state index is -3.60. The Kier molecular flexibility index (Phi) is 3.01. The minimum absolute atomic E-state index is 0.190. The molecule has 1 fully saturated rings. The Morgan fingerprint density at radius 1 is 1.12 bits per heavy atom. The van der Waals surface area contributed by atoms with Gasteiger partial charge in [-0.1, -0.05) is 18.2 Å². The first kappa shape index (κ1) is 11.6. The molecule has 2 rings (SSSR count). The molecule has 1 aromatic carbocycles. The zero-order chi connectivity index (χ0) is 11.6. The highest BCUT2D eigenvalue weighted by atomic mass is 32.2. The van der Waals surface area contributed by atoms with E-state index in [-0.39, 0.29) is 4.90 Å². The molecular formula is C11H15NO3S. The van der Waals surface area contributed by atoms with E-state index in [9.17, 15) is 13.5 Å². The summed E-state index contributed by atoms with van der Waals surface area (Å²) in [7, 11) is -3.60. The van der Waals surface area contributed by atoms with E-state index in [0.29, 0.717) is 12.8 Å². The normalized spacial score (nSPS) is 19.8. The first-order valence-corrected chi connectivity index (χ1v) is 6.82. The molecule has 4 nitrogen and oxygen atoms in total. The lowest BCUT2D eigenvalue weighted by Crippen LogP contribution is -2.45. The Balaban J connectivity index is 2.21. The fourth-order valence-electron chi connectivity index (χ4n) is 1.97. The number of hydrogen-bond acceptors (Lipinski definition) is 3. The van der Waals surface area contributed by atoms with Gasteiger partial charge in [-0.2, -0.15) is 4.72 Å². The molecule has 1 aliphatic rings. The number of rotatable bonds is 3. The van der Waals surface area contributed by atoms with Crippen molar-refractivity contribution in [1.29, 1.82) is 0 Å². The van der Waals surface area contributed by atoms with Gasteiger partial charge in [-0.05, 0) is 37.8 Å². The van der Waals surface area contributed by atoms with E-state index in [0.717, 1.165) is 12.8 Å². The largest absolute Gasteiger partial charge is 0.375 e. The molecule has 1 saturated carbocycles. The van der Waals surface area contributed by atoms with Crippen molar-refractivity contribution in [2.24, 2.45) is 0 Å². The summed E-state index contributed by atoms with van der Waals surface area (Å²) in [5.41, 5.74) is -1.26. The average molecular weight is 241 g/mol. The van der Waals surface area contributed by atoms with E-state index >= 15 is 0 Å². The second kappa shape index (κ2) is 4.16. The van der Waals surface area contributed by atoms with Crippen LogP contribution in [0, 0.1) is 0 Å². The SMILES string of the molecule is O=S(=O)(NC1(O)CCCC1)c1ccccc1. The molecule has 0 atom stereocenters. The highest BCUT2D eigenvalue weighted by Gasteiger charge is 2.35.